The quantitative estimate of drug-likeness (QED) is 0.290. The fourth-order valence-electron chi connectivity index (χ4n) is 5.41. The third-order valence-corrected chi connectivity index (χ3v) is 7.37. The van der Waals surface area contributed by atoms with Crippen molar-refractivity contribution in [2.24, 2.45) is 0 Å². The van der Waals surface area contributed by atoms with Crippen molar-refractivity contribution < 1.29 is 34.3 Å². The molecule has 1 aromatic heterocycles. The zero-order chi connectivity index (χ0) is 27.7. The zero-order valence-corrected chi connectivity index (χ0v) is 22.0. The Balaban J connectivity index is 1.41. The molecular weight excluding hydrogens is 506 g/mol. The van der Waals surface area contributed by atoms with Gasteiger partial charge in [0.15, 0.2) is 6.23 Å². The van der Waals surface area contributed by atoms with E-state index in [1.807, 2.05) is 19.1 Å². The molecule has 208 valence electrons. The van der Waals surface area contributed by atoms with Crippen LogP contribution in [0, 0.1) is 0 Å². The van der Waals surface area contributed by atoms with Gasteiger partial charge < -0.3 is 45.1 Å². The molecule has 0 radical (unpaired) electrons. The Hall–Kier alpha value is -3.84. The highest BCUT2D eigenvalue weighted by Gasteiger charge is 2.53. The van der Waals surface area contributed by atoms with Crippen LogP contribution in [0.5, 0.6) is 11.5 Å². The Kier molecular flexibility index (Phi) is 7.36. The fourth-order valence-corrected chi connectivity index (χ4v) is 5.41. The van der Waals surface area contributed by atoms with Crippen molar-refractivity contribution in [3.8, 4) is 11.5 Å². The van der Waals surface area contributed by atoms with Gasteiger partial charge in [0.05, 0.1) is 44.5 Å². The van der Waals surface area contributed by atoms with Crippen LogP contribution in [0.1, 0.15) is 35.7 Å². The average Bonchev–Trinajstić information content (AvgIpc) is 3.21. The molecule has 1 spiro atoms. The van der Waals surface area contributed by atoms with Gasteiger partial charge in [0.25, 0.3) is 0 Å². The summed E-state index contributed by atoms with van der Waals surface area (Å²) in [5.41, 5.74) is 2.13. The lowest BCUT2D eigenvalue weighted by atomic mass is 9.96. The van der Waals surface area contributed by atoms with Crippen molar-refractivity contribution in [1.82, 2.24) is 15.2 Å². The summed E-state index contributed by atoms with van der Waals surface area (Å²) in [5, 5.41) is 41.6. The number of anilines is 2. The molecule has 6 N–H and O–H groups in total. The molecule has 39 heavy (non-hydrogen) atoms. The van der Waals surface area contributed by atoms with Crippen LogP contribution in [-0.4, -0.2) is 76.7 Å². The van der Waals surface area contributed by atoms with Gasteiger partial charge in [0, 0.05) is 43.3 Å². The first-order valence-corrected chi connectivity index (χ1v) is 12.6. The summed E-state index contributed by atoms with van der Waals surface area (Å²) >= 11 is 0. The van der Waals surface area contributed by atoms with Crippen LogP contribution in [0.4, 0.5) is 11.5 Å². The summed E-state index contributed by atoms with van der Waals surface area (Å²) in [4.78, 5) is 18.1. The number of pyridine rings is 1. The summed E-state index contributed by atoms with van der Waals surface area (Å²) in [6, 6.07) is 7.06. The summed E-state index contributed by atoms with van der Waals surface area (Å²) in [7, 11) is 3.16. The molecule has 2 fully saturated rings. The minimum absolute atomic E-state index is 0.0523. The molecule has 4 heterocycles. The van der Waals surface area contributed by atoms with Gasteiger partial charge in [-0.1, -0.05) is 0 Å². The number of nitrogens with one attached hydrogen (secondary N) is 3. The summed E-state index contributed by atoms with van der Waals surface area (Å²) in [6.45, 7) is 3.19. The van der Waals surface area contributed by atoms with Crippen molar-refractivity contribution >= 4 is 17.5 Å². The van der Waals surface area contributed by atoms with Gasteiger partial charge in [-0.15, -0.1) is 0 Å². The van der Waals surface area contributed by atoms with Crippen LogP contribution < -0.4 is 25.4 Å². The van der Waals surface area contributed by atoms with E-state index in [-0.39, 0.29) is 11.3 Å². The Morgan fingerprint density at radius 3 is 2.69 bits per heavy atom. The zero-order valence-electron chi connectivity index (χ0n) is 22.0. The number of nitrogens with zero attached hydrogens (tertiary/aromatic N) is 2. The maximum atomic E-state index is 12.0. The number of carboxylic acids is 1. The van der Waals surface area contributed by atoms with Crippen molar-refractivity contribution in [1.29, 1.82) is 0 Å². The van der Waals surface area contributed by atoms with E-state index >= 15 is 0 Å². The topological polar surface area (TPSA) is 158 Å². The molecule has 0 bridgehead atoms. The fraction of sp³-hybridized carbons (Fsp3) is 0.407. The number of methoxy groups -OCH3 is 2. The average molecular weight is 540 g/mol. The van der Waals surface area contributed by atoms with Crippen LogP contribution in [0.3, 0.4) is 0 Å². The Labute approximate surface area is 225 Å². The minimum atomic E-state index is -1.16. The predicted molar refractivity (Wildman–Crippen MR) is 142 cm³/mol. The maximum absolute atomic E-state index is 12.0. The second kappa shape index (κ2) is 10.7. The third-order valence-electron chi connectivity index (χ3n) is 7.37. The van der Waals surface area contributed by atoms with Crippen molar-refractivity contribution in [2.45, 2.75) is 44.4 Å². The number of ether oxygens (including phenoxy) is 3. The van der Waals surface area contributed by atoms with E-state index in [1.54, 1.807) is 37.3 Å². The molecule has 5 rings (SSSR count). The Bertz CT molecular complexity index is 1320. The number of hydrogen-bond acceptors (Lipinski definition) is 11. The highest BCUT2D eigenvalue weighted by Crippen LogP contribution is 2.42. The number of rotatable bonds is 8. The smallest absolute Gasteiger partial charge is 0.339 e. The SMILES string of the molecule is COc1ccc(CNc2cc(NC3=CC(C)=C4C(O)NC5(CCOCC5)N4C3O)c(C(=O)O)cn2)c(OC)c1. The number of aliphatic hydroxyl groups excluding tert-OH is 2. The van der Waals surface area contributed by atoms with Gasteiger partial charge in [-0.05, 0) is 30.7 Å². The predicted octanol–water partition coefficient (Wildman–Crippen LogP) is 2.04. The summed E-state index contributed by atoms with van der Waals surface area (Å²) in [5.74, 6) is 0.574. The van der Waals surface area contributed by atoms with E-state index in [4.69, 9.17) is 14.2 Å². The molecule has 1 aromatic carbocycles. The number of aromatic carboxylic acids is 1. The molecule has 3 aliphatic rings. The van der Waals surface area contributed by atoms with Gasteiger partial charge in [0.2, 0.25) is 0 Å². The number of aliphatic hydroxyl groups is 2. The molecule has 0 saturated carbocycles. The van der Waals surface area contributed by atoms with E-state index in [1.165, 1.54) is 6.20 Å². The first kappa shape index (κ1) is 26.8. The van der Waals surface area contributed by atoms with Gasteiger partial charge >= 0.3 is 5.97 Å². The van der Waals surface area contributed by atoms with E-state index in [0.717, 1.165) is 11.1 Å². The van der Waals surface area contributed by atoms with Crippen molar-refractivity contribution in [2.75, 3.05) is 38.1 Å². The first-order chi connectivity index (χ1) is 18.8. The highest BCUT2D eigenvalue weighted by atomic mass is 16.5. The lowest BCUT2D eigenvalue weighted by Crippen LogP contribution is -2.59. The number of carbonyl (C=O) groups is 1. The van der Waals surface area contributed by atoms with E-state index < -0.39 is 24.1 Å². The summed E-state index contributed by atoms with van der Waals surface area (Å²) in [6.07, 6.45) is 2.05. The molecule has 0 amide bonds. The number of fused-ring (bicyclic) bond motifs is 2. The lowest BCUT2D eigenvalue weighted by Gasteiger charge is -2.46. The van der Waals surface area contributed by atoms with Crippen LogP contribution >= 0.6 is 0 Å². The van der Waals surface area contributed by atoms with E-state index in [2.05, 4.69) is 20.9 Å². The molecule has 0 aliphatic carbocycles. The summed E-state index contributed by atoms with van der Waals surface area (Å²) < 4.78 is 16.2. The van der Waals surface area contributed by atoms with Crippen molar-refractivity contribution in [3.05, 3.63) is 64.6 Å². The second-order valence-corrected chi connectivity index (χ2v) is 9.68. The maximum Gasteiger partial charge on any atom is 0.339 e. The lowest BCUT2D eigenvalue weighted by molar-refractivity contribution is -0.0703. The molecule has 2 saturated heterocycles. The highest BCUT2D eigenvalue weighted by molar-refractivity contribution is 5.94. The molecule has 2 unspecified atom stereocenters. The second-order valence-electron chi connectivity index (χ2n) is 9.68. The molecular formula is C27H33N5O7. The number of hydrogen-bond donors (Lipinski definition) is 6. The standard InChI is InChI=1S/C27H33N5O7/c1-15-10-20(25(34)32-23(15)24(33)31-27(32)6-8-39-9-7-27)30-19-12-22(29-14-18(19)26(35)36)28-13-16-4-5-17(37-2)11-21(16)38-3/h4-5,10-12,14,24-25,31,33-34H,6-9,13H2,1-3H3,(H,35,36)(H2,28,29,30). The molecule has 12 heteroatoms. The molecule has 3 aliphatic heterocycles. The van der Waals surface area contributed by atoms with Gasteiger partial charge in [-0.3, -0.25) is 5.32 Å². The van der Waals surface area contributed by atoms with Crippen LogP contribution in [0.2, 0.25) is 0 Å². The van der Waals surface area contributed by atoms with Gasteiger partial charge in [-0.2, -0.15) is 0 Å². The van der Waals surface area contributed by atoms with Crippen LogP contribution in [-0.2, 0) is 11.3 Å². The van der Waals surface area contributed by atoms with E-state index in [0.29, 0.717) is 61.3 Å². The number of benzene rings is 1. The van der Waals surface area contributed by atoms with Crippen molar-refractivity contribution in [3.63, 3.8) is 0 Å². The number of carboxylic acid groups (broad SMARTS) is 1. The van der Waals surface area contributed by atoms with E-state index in [9.17, 15) is 20.1 Å². The van der Waals surface area contributed by atoms with Gasteiger partial charge in [-0.25, -0.2) is 9.78 Å². The largest absolute Gasteiger partial charge is 0.497 e. The van der Waals surface area contributed by atoms with Crippen LogP contribution in [0.25, 0.3) is 0 Å². The molecule has 2 atom stereocenters. The molecule has 12 nitrogen and oxygen atoms in total. The normalized spacial score (nSPS) is 21.9. The third kappa shape index (κ3) is 4.99. The Morgan fingerprint density at radius 1 is 1.23 bits per heavy atom. The van der Waals surface area contributed by atoms with Crippen LogP contribution in [0.15, 0.2) is 53.5 Å². The number of aromatic nitrogens is 1. The number of allylic oxidation sites excluding steroid dienone is 2. The minimum Gasteiger partial charge on any atom is -0.497 e. The molecule has 2 aromatic rings. The van der Waals surface area contributed by atoms with Gasteiger partial charge in [0.1, 0.15) is 34.8 Å². The Morgan fingerprint density at radius 2 is 2.00 bits per heavy atom. The monoisotopic (exact) mass is 539 g/mol. The first-order valence-electron chi connectivity index (χ1n) is 12.6.